The van der Waals surface area contributed by atoms with Gasteiger partial charge in [0.25, 0.3) is 5.91 Å². The molecule has 3 aromatic carbocycles. The number of pyridine rings is 1. The number of carbonyl (C=O) groups excluding carboxylic acids is 1. The van der Waals surface area contributed by atoms with Gasteiger partial charge in [-0.3, -0.25) is 4.79 Å². The van der Waals surface area contributed by atoms with Crippen LogP contribution in [0.3, 0.4) is 0 Å². The van der Waals surface area contributed by atoms with Gasteiger partial charge in [-0.2, -0.15) is 5.10 Å². The van der Waals surface area contributed by atoms with Crippen LogP contribution < -0.4 is 5.43 Å². The highest BCUT2D eigenvalue weighted by Crippen LogP contribution is 2.27. The fourth-order valence-electron chi connectivity index (χ4n) is 3.38. The Balaban J connectivity index is 1.70. The summed E-state index contributed by atoms with van der Waals surface area (Å²) in [5.74, 6) is -0.656. The van der Waals surface area contributed by atoms with E-state index < -0.39 is 0 Å². The summed E-state index contributed by atoms with van der Waals surface area (Å²) in [5, 5.41) is 4.77. The average Bonchev–Trinajstić information content (AvgIpc) is 2.74. The summed E-state index contributed by atoms with van der Waals surface area (Å²) in [4.78, 5) is 17.7. The van der Waals surface area contributed by atoms with Crippen molar-refractivity contribution in [2.24, 2.45) is 5.10 Å². The van der Waals surface area contributed by atoms with Gasteiger partial charge in [-0.25, -0.2) is 14.8 Å². The Labute approximate surface area is 174 Å². The van der Waals surface area contributed by atoms with E-state index in [4.69, 9.17) is 4.98 Å². The van der Waals surface area contributed by atoms with E-state index in [1.165, 1.54) is 23.9 Å². The number of aryl methyl sites for hydroxylation is 2. The molecule has 1 aromatic heterocycles. The molecule has 0 unspecified atom stereocenters. The number of benzene rings is 3. The van der Waals surface area contributed by atoms with Crippen LogP contribution >= 0.6 is 0 Å². The first-order chi connectivity index (χ1) is 14.5. The Hall–Kier alpha value is -3.86. The van der Waals surface area contributed by atoms with Crippen molar-refractivity contribution in [3.63, 3.8) is 0 Å². The smallest absolute Gasteiger partial charge is 0.267 e. The zero-order valence-corrected chi connectivity index (χ0v) is 16.7. The van der Waals surface area contributed by atoms with Crippen molar-refractivity contribution >= 4 is 23.0 Å². The maximum Gasteiger partial charge on any atom is 0.272 e. The Morgan fingerprint density at radius 1 is 1.00 bits per heavy atom. The molecule has 0 fully saturated rings. The second-order valence-corrected chi connectivity index (χ2v) is 7.14. The third-order valence-corrected chi connectivity index (χ3v) is 4.87. The molecule has 0 aliphatic rings. The van der Waals surface area contributed by atoms with Crippen molar-refractivity contribution < 1.29 is 9.18 Å². The molecule has 0 aliphatic carbocycles. The Morgan fingerprint density at radius 2 is 1.77 bits per heavy atom. The predicted molar refractivity (Wildman–Crippen MR) is 118 cm³/mol. The lowest BCUT2D eigenvalue weighted by Gasteiger charge is -2.11. The molecule has 5 heteroatoms. The molecular formula is C25H20FN3O. The number of fused-ring (bicyclic) bond motifs is 1. The molecular weight excluding hydrogens is 377 g/mol. The van der Waals surface area contributed by atoms with Gasteiger partial charge in [0.2, 0.25) is 0 Å². The molecule has 0 aliphatic heterocycles. The largest absolute Gasteiger partial charge is 0.272 e. The van der Waals surface area contributed by atoms with Crippen LogP contribution in [0, 0.1) is 19.7 Å². The first-order valence-corrected chi connectivity index (χ1v) is 9.57. The van der Waals surface area contributed by atoms with E-state index in [0.717, 1.165) is 27.7 Å². The summed E-state index contributed by atoms with van der Waals surface area (Å²) in [5.41, 5.74) is 8.47. The summed E-state index contributed by atoms with van der Waals surface area (Å²) < 4.78 is 13.0. The Kier molecular flexibility index (Phi) is 5.35. The molecule has 0 atom stereocenters. The molecule has 4 aromatic rings. The monoisotopic (exact) mass is 397 g/mol. The summed E-state index contributed by atoms with van der Waals surface area (Å²) in [7, 11) is 0. The number of nitrogens with zero attached hydrogens (tertiary/aromatic N) is 2. The lowest BCUT2D eigenvalue weighted by molar-refractivity contribution is 0.0956. The minimum atomic E-state index is -0.335. The van der Waals surface area contributed by atoms with Crippen molar-refractivity contribution in [1.82, 2.24) is 10.4 Å². The first-order valence-electron chi connectivity index (χ1n) is 9.57. The third kappa shape index (κ3) is 4.10. The molecule has 1 heterocycles. The van der Waals surface area contributed by atoms with Crippen LogP contribution in [0.2, 0.25) is 0 Å². The van der Waals surface area contributed by atoms with E-state index in [1.807, 2.05) is 50.2 Å². The molecule has 30 heavy (non-hydrogen) atoms. The van der Waals surface area contributed by atoms with Crippen LogP contribution in [0.4, 0.5) is 4.39 Å². The molecule has 0 radical (unpaired) electrons. The fraction of sp³-hybridized carbons (Fsp3) is 0.0800. The quantitative estimate of drug-likeness (QED) is 0.369. The van der Waals surface area contributed by atoms with Gasteiger partial charge in [-0.05, 0) is 49.2 Å². The van der Waals surface area contributed by atoms with Gasteiger partial charge in [0.15, 0.2) is 0 Å². The highest BCUT2D eigenvalue weighted by Gasteiger charge is 2.14. The van der Waals surface area contributed by atoms with Crippen molar-refractivity contribution in [2.75, 3.05) is 0 Å². The highest BCUT2D eigenvalue weighted by atomic mass is 19.1. The minimum absolute atomic E-state index is 0.321. The van der Waals surface area contributed by atoms with Crippen LogP contribution in [0.1, 0.15) is 27.0 Å². The molecule has 1 N–H and O–H groups in total. The Morgan fingerprint density at radius 3 is 2.53 bits per heavy atom. The second kappa shape index (κ2) is 8.25. The van der Waals surface area contributed by atoms with Crippen LogP contribution in [-0.4, -0.2) is 17.1 Å². The topological polar surface area (TPSA) is 54.4 Å². The number of para-hydroxylation sites is 1. The van der Waals surface area contributed by atoms with E-state index in [0.29, 0.717) is 11.1 Å². The zero-order valence-electron chi connectivity index (χ0n) is 16.7. The minimum Gasteiger partial charge on any atom is -0.267 e. The summed E-state index contributed by atoms with van der Waals surface area (Å²) in [6.45, 7) is 4.08. The van der Waals surface area contributed by atoms with Gasteiger partial charge < -0.3 is 0 Å². The molecule has 0 saturated carbocycles. The number of aromatic nitrogens is 1. The van der Waals surface area contributed by atoms with Crippen molar-refractivity contribution in [1.29, 1.82) is 0 Å². The maximum absolute atomic E-state index is 13.0. The maximum atomic E-state index is 13.0. The van der Waals surface area contributed by atoms with Crippen LogP contribution in [0.5, 0.6) is 0 Å². The first kappa shape index (κ1) is 19.5. The van der Waals surface area contributed by atoms with Gasteiger partial charge in [-0.1, -0.05) is 54.1 Å². The predicted octanol–water partition coefficient (Wildman–Crippen LogP) is 5.42. The molecule has 148 valence electrons. The van der Waals surface area contributed by atoms with E-state index in [9.17, 15) is 9.18 Å². The standard InChI is InChI=1S/C25H20FN3O/c1-16-7-12-20(17(2)13-16)24-14-22(21-5-3-4-6-23(21)28-24)25(30)29-27-15-18-8-10-19(26)11-9-18/h3-15H,1-2H3,(H,29,30)/b27-15+. The molecule has 0 saturated heterocycles. The summed E-state index contributed by atoms with van der Waals surface area (Å²) >= 11 is 0. The van der Waals surface area contributed by atoms with Crippen LogP contribution in [0.25, 0.3) is 22.2 Å². The van der Waals surface area contributed by atoms with Crippen molar-refractivity contribution in [3.8, 4) is 11.3 Å². The lowest BCUT2D eigenvalue weighted by Crippen LogP contribution is -2.18. The lowest BCUT2D eigenvalue weighted by atomic mass is 9.99. The van der Waals surface area contributed by atoms with E-state index in [2.05, 4.69) is 16.6 Å². The molecule has 0 bridgehead atoms. The summed E-state index contributed by atoms with van der Waals surface area (Å²) in [6, 6.07) is 21.3. The molecule has 4 rings (SSSR count). The van der Waals surface area contributed by atoms with Gasteiger partial charge in [-0.15, -0.1) is 0 Å². The van der Waals surface area contributed by atoms with E-state index in [1.54, 1.807) is 18.2 Å². The number of carbonyl (C=O) groups is 1. The number of halogens is 1. The van der Waals surface area contributed by atoms with Gasteiger partial charge in [0.05, 0.1) is 23.0 Å². The van der Waals surface area contributed by atoms with Crippen molar-refractivity contribution in [2.45, 2.75) is 13.8 Å². The second-order valence-electron chi connectivity index (χ2n) is 7.14. The zero-order chi connectivity index (χ0) is 21.1. The van der Waals surface area contributed by atoms with E-state index >= 15 is 0 Å². The SMILES string of the molecule is Cc1ccc(-c2cc(C(=O)N/N=C/c3ccc(F)cc3)c3ccccc3n2)c(C)c1. The number of rotatable bonds is 4. The Bertz CT molecular complexity index is 1260. The number of amides is 1. The molecule has 4 nitrogen and oxygen atoms in total. The van der Waals surface area contributed by atoms with Gasteiger partial charge in [0, 0.05) is 10.9 Å². The van der Waals surface area contributed by atoms with Gasteiger partial charge in [0.1, 0.15) is 5.82 Å². The van der Waals surface area contributed by atoms with Crippen molar-refractivity contribution in [3.05, 3.63) is 101 Å². The number of hydrazone groups is 1. The van der Waals surface area contributed by atoms with E-state index in [-0.39, 0.29) is 11.7 Å². The van der Waals surface area contributed by atoms with Crippen LogP contribution in [-0.2, 0) is 0 Å². The normalized spacial score (nSPS) is 11.2. The number of nitrogens with one attached hydrogen (secondary N) is 1. The molecule has 1 amide bonds. The highest BCUT2D eigenvalue weighted by molar-refractivity contribution is 6.07. The average molecular weight is 397 g/mol. The number of hydrogen-bond acceptors (Lipinski definition) is 3. The summed E-state index contributed by atoms with van der Waals surface area (Å²) in [6.07, 6.45) is 1.48. The fourth-order valence-corrected chi connectivity index (χ4v) is 3.38. The van der Waals surface area contributed by atoms with Crippen LogP contribution in [0.15, 0.2) is 77.9 Å². The molecule has 0 spiro atoms. The third-order valence-electron chi connectivity index (χ3n) is 4.87. The number of hydrogen-bond donors (Lipinski definition) is 1. The van der Waals surface area contributed by atoms with Gasteiger partial charge >= 0.3 is 0 Å².